The zero-order valence-electron chi connectivity index (χ0n) is 24.6. The van der Waals surface area contributed by atoms with Crippen LogP contribution in [0, 0.1) is 0 Å². The number of hydrogen-bond donors (Lipinski definition) is 0. The summed E-state index contributed by atoms with van der Waals surface area (Å²) in [6, 6.07) is 41.7. The monoisotopic (exact) mass is 602 g/mol. The number of rotatable bonds is 2. The average molecular weight is 603 g/mol. The van der Waals surface area contributed by atoms with Gasteiger partial charge in [0, 0.05) is 0 Å². The summed E-state index contributed by atoms with van der Waals surface area (Å²) in [5.41, 5.74) is 5.90. The molecule has 0 amide bonds. The molecule has 6 aromatic carbocycles. The van der Waals surface area contributed by atoms with Gasteiger partial charge in [0.1, 0.15) is 19.4 Å². The molecule has 0 aromatic heterocycles. The SMILES string of the molecule is C[Si](C)(c1ccc2c(c1)Oc1cccc3c1N2c1ccccc1O3)c1ccc2c(c1)Oc1cccc3c1N2c1ccccc1O3. The number of benzene rings is 6. The molecule has 4 aliphatic rings. The first-order chi connectivity index (χ1) is 22.0. The maximum absolute atomic E-state index is 6.58. The Labute approximate surface area is 261 Å². The van der Waals surface area contributed by atoms with E-state index in [9.17, 15) is 0 Å². The van der Waals surface area contributed by atoms with Crippen molar-refractivity contribution >= 4 is 52.6 Å². The molecule has 0 spiro atoms. The average Bonchev–Trinajstić information content (AvgIpc) is 3.07. The van der Waals surface area contributed by atoms with E-state index in [0.717, 1.165) is 80.1 Å². The van der Waals surface area contributed by atoms with Gasteiger partial charge in [0.2, 0.25) is 0 Å². The molecule has 0 aliphatic carbocycles. The van der Waals surface area contributed by atoms with Crippen LogP contribution in [0.4, 0.5) is 34.1 Å². The molecular formula is C38H26N2O4Si. The van der Waals surface area contributed by atoms with Crippen LogP contribution in [0.3, 0.4) is 0 Å². The fourth-order valence-corrected chi connectivity index (χ4v) is 9.27. The molecule has 0 unspecified atom stereocenters. The van der Waals surface area contributed by atoms with Crippen LogP contribution >= 0.6 is 0 Å². The Hall–Kier alpha value is -5.66. The standard InChI is InChI=1S/C38H26N2O4Si/c1-45(2,23-17-19-27-35(21-23)43-33-15-7-13-31-37(33)39(27)25-9-3-5-11-29(25)41-31)24-18-20-28-36(22-24)44-34-16-8-14-32-38(34)40(28)26-10-4-6-12-30(26)42-32/h3-22H,1-2H3. The third-order valence-corrected chi connectivity index (χ3v) is 12.8. The summed E-state index contributed by atoms with van der Waals surface area (Å²) in [4.78, 5) is 4.53. The number of hydrogen-bond acceptors (Lipinski definition) is 6. The molecule has 4 heterocycles. The summed E-state index contributed by atoms with van der Waals surface area (Å²) in [5, 5.41) is 2.55. The summed E-state index contributed by atoms with van der Waals surface area (Å²) in [6.07, 6.45) is 0. The van der Waals surface area contributed by atoms with Gasteiger partial charge in [-0.05, 0) is 72.8 Å². The maximum Gasteiger partial charge on any atom is 0.155 e. The molecule has 0 radical (unpaired) electrons. The van der Waals surface area contributed by atoms with Crippen LogP contribution < -0.4 is 39.1 Å². The summed E-state index contributed by atoms with van der Waals surface area (Å²) in [5.74, 6) is 6.51. The van der Waals surface area contributed by atoms with Gasteiger partial charge in [-0.2, -0.15) is 0 Å². The van der Waals surface area contributed by atoms with E-state index in [-0.39, 0.29) is 0 Å². The number of anilines is 6. The Morgan fingerprint density at radius 1 is 0.378 bits per heavy atom. The molecule has 216 valence electrons. The Morgan fingerprint density at radius 3 is 1.18 bits per heavy atom. The van der Waals surface area contributed by atoms with E-state index in [1.165, 1.54) is 10.4 Å². The molecule has 7 heteroatoms. The smallest absolute Gasteiger partial charge is 0.155 e. The first-order valence-corrected chi connectivity index (χ1v) is 18.1. The van der Waals surface area contributed by atoms with Crippen molar-refractivity contribution < 1.29 is 18.9 Å². The molecule has 4 aliphatic heterocycles. The second-order valence-corrected chi connectivity index (χ2v) is 16.6. The van der Waals surface area contributed by atoms with Gasteiger partial charge in [-0.3, -0.25) is 9.80 Å². The molecule has 45 heavy (non-hydrogen) atoms. The van der Waals surface area contributed by atoms with E-state index in [0.29, 0.717) is 0 Å². The molecule has 0 fully saturated rings. The fraction of sp³-hybridized carbons (Fsp3) is 0.0526. The largest absolute Gasteiger partial charge is 0.453 e. The molecule has 0 saturated heterocycles. The molecule has 10 rings (SSSR count). The van der Waals surface area contributed by atoms with Gasteiger partial charge in [0.15, 0.2) is 46.0 Å². The number of ether oxygens (including phenoxy) is 4. The zero-order valence-corrected chi connectivity index (χ0v) is 25.6. The van der Waals surface area contributed by atoms with Gasteiger partial charge in [-0.25, -0.2) is 0 Å². The Bertz CT molecular complexity index is 2090. The Kier molecular flexibility index (Phi) is 4.79. The van der Waals surface area contributed by atoms with Crippen molar-refractivity contribution in [2.75, 3.05) is 9.80 Å². The summed E-state index contributed by atoms with van der Waals surface area (Å²) < 4.78 is 25.7. The summed E-state index contributed by atoms with van der Waals surface area (Å²) in [6.45, 7) is 4.77. The first kappa shape index (κ1) is 24.7. The van der Waals surface area contributed by atoms with Crippen molar-refractivity contribution in [3.8, 4) is 46.0 Å². The van der Waals surface area contributed by atoms with E-state index in [1.54, 1.807) is 0 Å². The molecular weight excluding hydrogens is 577 g/mol. The van der Waals surface area contributed by atoms with Crippen LogP contribution in [-0.4, -0.2) is 8.07 Å². The van der Waals surface area contributed by atoms with Crippen LogP contribution in [0.1, 0.15) is 0 Å². The van der Waals surface area contributed by atoms with Gasteiger partial charge in [0.05, 0.1) is 22.7 Å². The second-order valence-electron chi connectivity index (χ2n) is 12.2. The minimum atomic E-state index is -2.21. The van der Waals surface area contributed by atoms with E-state index in [4.69, 9.17) is 18.9 Å². The van der Waals surface area contributed by atoms with Crippen molar-refractivity contribution in [1.82, 2.24) is 0 Å². The predicted molar refractivity (Wildman–Crippen MR) is 179 cm³/mol. The number of fused-ring (bicyclic) bond motifs is 8. The highest BCUT2D eigenvalue weighted by Crippen LogP contribution is 2.60. The van der Waals surface area contributed by atoms with Gasteiger partial charge >= 0.3 is 0 Å². The normalized spacial score (nSPS) is 14.2. The van der Waals surface area contributed by atoms with Crippen LogP contribution in [0.5, 0.6) is 46.0 Å². The quantitative estimate of drug-likeness (QED) is 0.184. The topological polar surface area (TPSA) is 43.4 Å². The highest BCUT2D eigenvalue weighted by molar-refractivity contribution is 7.00. The second kappa shape index (κ2) is 8.71. The van der Waals surface area contributed by atoms with Crippen molar-refractivity contribution in [1.29, 1.82) is 0 Å². The van der Waals surface area contributed by atoms with Gasteiger partial charge in [0.25, 0.3) is 0 Å². The van der Waals surface area contributed by atoms with Crippen molar-refractivity contribution in [3.63, 3.8) is 0 Å². The van der Waals surface area contributed by atoms with Gasteiger partial charge in [-0.1, -0.05) is 72.0 Å². The molecule has 0 atom stereocenters. The van der Waals surface area contributed by atoms with Crippen LogP contribution in [0.25, 0.3) is 0 Å². The number of para-hydroxylation sites is 6. The lowest BCUT2D eigenvalue weighted by Crippen LogP contribution is -2.53. The lowest BCUT2D eigenvalue weighted by Gasteiger charge is -2.39. The third kappa shape index (κ3) is 3.38. The fourth-order valence-electron chi connectivity index (χ4n) is 6.95. The molecule has 0 saturated carbocycles. The summed E-state index contributed by atoms with van der Waals surface area (Å²) in [7, 11) is -2.21. The Morgan fingerprint density at radius 2 is 0.733 bits per heavy atom. The van der Waals surface area contributed by atoms with Crippen LogP contribution in [0.15, 0.2) is 121 Å². The maximum atomic E-state index is 6.58. The van der Waals surface area contributed by atoms with E-state index < -0.39 is 8.07 Å². The Balaban J connectivity index is 1.07. The van der Waals surface area contributed by atoms with Gasteiger partial charge < -0.3 is 18.9 Å². The van der Waals surface area contributed by atoms with Crippen molar-refractivity contribution in [3.05, 3.63) is 121 Å². The minimum Gasteiger partial charge on any atom is -0.453 e. The van der Waals surface area contributed by atoms with E-state index >= 15 is 0 Å². The van der Waals surface area contributed by atoms with Crippen LogP contribution in [-0.2, 0) is 0 Å². The molecule has 0 N–H and O–H groups in total. The minimum absolute atomic E-state index is 0.789. The number of nitrogens with zero attached hydrogens (tertiary/aromatic N) is 2. The third-order valence-electron chi connectivity index (χ3n) is 9.31. The van der Waals surface area contributed by atoms with Crippen LogP contribution in [0.2, 0.25) is 13.1 Å². The first-order valence-electron chi connectivity index (χ1n) is 15.1. The highest BCUT2D eigenvalue weighted by Gasteiger charge is 2.38. The van der Waals surface area contributed by atoms with Gasteiger partial charge in [-0.15, -0.1) is 0 Å². The van der Waals surface area contributed by atoms with Crippen molar-refractivity contribution in [2.45, 2.75) is 13.1 Å². The summed E-state index contributed by atoms with van der Waals surface area (Å²) >= 11 is 0. The zero-order chi connectivity index (χ0) is 29.9. The van der Waals surface area contributed by atoms with Crippen molar-refractivity contribution in [2.24, 2.45) is 0 Å². The molecule has 6 nitrogen and oxygen atoms in total. The van der Waals surface area contributed by atoms with E-state index in [2.05, 4.69) is 71.4 Å². The lowest BCUT2D eigenvalue weighted by molar-refractivity contribution is 0.446. The lowest BCUT2D eigenvalue weighted by atomic mass is 10.1. The molecule has 6 aromatic rings. The highest BCUT2D eigenvalue weighted by atomic mass is 28.3. The predicted octanol–water partition coefficient (Wildman–Crippen LogP) is 9.87. The van der Waals surface area contributed by atoms with E-state index in [1.807, 2.05) is 72.8 Å². The molecule has 0 bridgehead atoms.